The van der Waals surface area contributed by atoms with Gasteiger partial charge in [0.2, 0.25) is 0 Å². The Kier molecular flexibility index (Phi) is 4.42. The topological polar surface area (TPSA) is 43.4 Å². The molecule has 0 aliphatic rings. The highest BCUT2D eigenvalue weighted by molar-refractivity contribution is 5.99. The lowest BCUT2D eigenvalue weighted by Gasteiger charge is -2.06. The van der Waals surface area contributed by atoms with Crippen LogP contribution >= 0.6 is 0 Å². The second-order valence-corrected chi connectivity index (χ2v) is 4.46. The summed E-state index contributed by atoms with van der Waals surface area (Å²) in [6.07, 6.45) is 0. The zero-order chi connectivity index (χ0) is 15.4. The van der Waals surface area contributed by atoms with Crippen LogP contribution in [0.2, 0.25) is 0 Å². The minimum absolute atomic E-state index is 0.363. The van der Waals surface area contributed by atoms with Crippen LogP contribution in [0.3, 0.4) is 0 Å². The van der Waals surface area contributed by atoms with Gasteiger partial charge in [-0.3, -0.25) is 4.79 Å². The van der Waals surface area contributed by atoms with Crippen LogP contribution in [-0.2, 0) is 4.74 Å². The number of benzene rings is 2. The number of Topliss-reactive ketones (excluding diaryl/α,β-unsaturated/α-hetero) is 1. The van der Waals surface area contributed by atoms with E-state index in [0.717, 1.165) is 23.8 Å². The van der Waals surface area contributed by atoms with E-state index >= 15 is 0 Å². The Morgan fingerprint density at radius 2 is 1.57 bits per heavy atom. The van der Waals surface area contributed by atoms with Gasteiger partial charge in [-0.05, 0) is 19.1 Å². The van der Waals surface area contributed by atoms with Crippen molar-refractivity contribution < 1.29 is 23.1 Å². The summed E-state index contributed by atoms with van der Waals surface area (Å²) < 4.78 is 31.4. The molecule has 21 heavy (non-hydrogen) atoms. The van der Waals surface area contributed by atoms with Crippen molar-refractivity contribution >= 4 is 11.8 Å². The molecule has 0 spiro atoms. The number of ether oxygens (including phenoxy) is 1. The van der Waals surface area contributed by atoms with Crippen LogP contribution in [0.5, 0.6) is 0 Å². The normalized spacial score (nSPS) is 10.2. The third kappa shape index (κ3) is 3.51. The summed E-state index contributed by atoms with van der Waals surface area (Å²) in [6, 6.07) is 9.70. The van der Waals surface area contributed by atoms with Gasteiger partial charge in [-0.15, -0.1) is 0 Å². The van der Waals surface area contributed by atoms with Crippen molar-refractivity contribution in [2.45, 2.75) is 6.92 Å². The molecule has 0 bridgehead atoms. The van der Waals surface area contributed by atoms with Gasteiger partial charge < -0.3 is 4.74 Å². The van der Waals surface area contributed by atoms with Crippen LogP contribution in [0.25, 0.3) is 0 Å². The van der Waals surface area contributed by atoms with Crippen molar-refractivity contribution in [1.82, 2.24) is 0 Å². The van der Waals surface area contributed by atoms with Gasteiger partial charge in [-0.1, -0.05) is 35.9 Å². The molecule has 0 unspecified atom stereocenters. The Morgan fingerprint density at radius 1 is 1.00 bits per heavy atom. The second kappa shape index (κ2) is 6.26. The van der Waals surface area contributed by atoms with Gasteiger partial charge in [-0.25, -0.2) is 13.6 Å². The summed E-state index contributed by atoms with van der Waals surface area (Å²) >= 11 is 0. The molecule has 2 aromatic carbocycles. The molecule has 2 rings (SSSR count). The molecule has 5 heteroatoms. The van der Waals surface area contributed by atoms with Gasteiger partial charge in [0.25, 0.3) is 0 Å². The number of carbonyl (C=O) groups is 2. The average molecular weight is 290 g/mol. The molecule has 0 N–H and O–H groups in total. The Balaban J connectivity index is 2.04. The fraction of sp³-hybridized carbons (Fsp3) is 0.125. The number of hydrogen-bond acceptors (Lipinski definition) is 3. The SMILES string of the molecule is Cc1ccc(C(=O)COC(=O)c2c(F)cccc2F)cc1. The van der Waals surface area contributed by atoms with Crippen LogP contribution in [0.1, 0.15) is 26.3 Å². The summed E-state index contributed by atoms with van der Waals surface area (Å²) in [4.78, 5) is 23.4. The molecule has 108 valence electrons. The molecular weight excluding hydrogens is 278 g/mol. The maximum atomic E-state index is 13.4. The lowest BCUT2D eigenvalue weighted by molar-refractivity contribution is 0.0465. The maximum absolute atomic E-state index is 13.4. The van der Waals surface area contributed by atoms with Crippen LogP contribution in [0, 0.1) is 18.6 Å². The summed E-state index contributed by atoms with van der Waals surface area (Å²) in [6.45, 7) is 1.30. The molecule has 3 nitrogen and oxygen atoms in total. The van der Waals surface area contributed by atoms with Gasteiger partial charge in [-0.2, -0.15) is 0 Å². The van der Waals surface area contributed by atoms with Crippen LogP contribution in [-0.4, -0.2) is 18.4 Å². The zero-order valence-electron chi connectivity index (χ0n) is 11.2. The molecule has 0 radical (unpaired) electrons. The lowest BCUT2D eigenvalue weighted by Crippen LogP contribution is -2.16. The van der Waals surface area contributed by atoms with Gasteiger partial charge in [0.15, 0.2) is 12.4 Å². The number of hydrogen-bond donors (Lipinski definition) is 0. The Labute approximate surface area is 120 Å². The fourth-order valence-corrected chi connectivity index (χ4v) is 1.72. The Hall–Kier alpha value is -2.56. The van der Waals surface area contributed by atoms with Gasteiger partial charge in [0.1, 0.15) is 17.2 Å². The van der Waals surface area contributed by atoms with Crippen molar-refractivity contribution in [3.05, 3.63) is 70.8 Å². The molecule has 0 aliphatic carbocycles. The molecule has 0 amide bonds. The van der Waals surface area contributed by atoms with Crippen molar-refractivity contribution in [3.63, 3.8) is 0 Å². The first kappa shape index (κ1) is 14.8. The highest BCUT2D eigenvalue weighted by Crippen LogP contribution is 2.13. The number of esters is 1. The first-order valence-corrected chi connectivity index (χ1v) is 6.20. The monoisotopic (exact) mass is 290 g/mol. The largest absolute Gasteiger partial charge is 0.454 e. The molecule has 0 aromatic heterocycles. The summed E-state index contributed by atoms with van der Waals surface area (Å²) in [5.74, 6) is -3.70. The Bertz CT molecular complexity index is 658. The highest BCUT2D eigenvalue weighted by atomic mass is 19.1. The third-order valence-electron chi connectivity index (χ3n) is 2.87. The van der Waals surface area contributed by atoms with E-state index in [9.17, 15) is 18.4 Å². The van der Waals surface area contributed by atoms with Crippen molar-refractivity contribution in [2.75, 3.05) is 6.61 Å². The molecule has 0 saturated carbocycles. The smallest absolute Gasteiger partial charge is 0.344 e. The van der Waals surface area contributed by atoms with E-state index in [1.807, 2.05) is 6.92 Å². The summed E-state index contributed by atoms with van der Waals surface area (Å²) in [5.41, 5.74) is 0.550. The van der Waals surface area contributed by atoms with E-state index in [2.05, 4.69) is 4.74 Å². The quantitative estimate of drug-likeness (QED) is 0.641. The molecule has 0 aliphatic heterocycles. The molecule has 0 atom stereocenters. The van der Waals surface area contributed by atoms with Crippen LogP contribution in [0.15, 0.2) is 42.5 Å². The minimum atomic E-state index is -1.20. The van der Waals surface area contributed by atoms with E-state index in [-0.39, 0.29) is 0 Å². The van der Waals surface area contributed by atoms with E-state index in [1.165, 1.54) is 0 Å². The number of rotatable bonds is 4. The van der Waals surface area contributed by atoms with Gasteiger partial charge >= 0.3 is 5.97 Å². The molecule has 2 aromatic rings. The first-order valence-electron chi connectivity index (χ1n) is 6.20. The molecule has 0 fully saturated rings. The number of ketones is 1. The average Bonchev–Trinajstić information content (AvgIpc) is 2.45. The molecule has 0 saturated heterocycles. The predicted octanol–water partition coefficient (Wildman–Crippen LogP) is 3.31. The van der Waals surface area contributed by atoms with Crippen molar-refractivity contribution in [1.29, 1.82) is 0 Å². The van der Waals surface area contributed by atoms with Crippen molar-refractivity contribution in [2.24, 2.45) is 0 Å². The third-order valence-corrected chi connectivity index (χ3v) is 2.87. The molecular formula is C16H12F2O3. The van der Waals surface area contributed by atoms with Crippen LogP contribution < -0.4 is 0 Å². The van der Waals surface area contributed by atoms with Crippen LogP contribution in [0.4, 0.5) is 8.78 Å². The number of carbonyl (C=O) groups excluding carboxylic acids is 2. The van der Waals surface area contributed by atoms with Crippen molar-refractivity contribution in [3.8, 4) is 0 Å². The first-order chi connectivity index (χ1) is 9.99. The van der Waals surface area contributed by atoms with E-state index in [4.69, 9.17) is 0 Å². The Morgan fingerprint density at radius 3 is 2.14 bits per heavy atom. The van der Waals surface area contributed by atoms with E-state index in [1.54, 1.807) is 24.3 Å². The zero-order valence-corrected chi connectivity index (χ0v) is 11.2. The summed E-state index contributed by atoms with van der Waals surface area (Å²) in [7, 11) is 0. The second-order valence-electron chi connectivity index (χ2n) is 4.46. The highest BCUT2D eigenvalue weighted by Gasteiger charge is 2.19. The fourth-order valence-electron chi connectivity index (χ4n) is 1.72. The number of halogens is 2. The van der Waals surface area contributed by atoms with E-state index in [0.29, 0.717) is 5.56 Å². The number of aryl methyl sites for hydroxylation is 1. The maximum Gasteiger partial charge on any atom is 0.344 e. The van der Waals surface area contributed by atoms with E-state index < -0.39 is 35.6 Å². The lowest BCUT2D eigenvalue weighted by atomic mass is 10.1. The van der Waals surface area contributed by atoms with Gasteiger partial charge in [0.05, 0.1) is 0 Å². The van der Waals surface area contributed by atoms with Gasteiger partial charge in [0, 0.05) is 5.56 Å². The molecule has 0 heterocycles. The standard InChI is InChI=1S/C16H12F2O3/c1-10-5-7-11(8-6-10)14(19)9-21-16(20)15-12(17)3-2-4-13(15)18/h2-8H,9H2,1H3. The predicted molar refractivity (Wildman–Crippen MR) is 72.2 cm³/mol. The minimum Gasteiger partial charge on any atom is -0.454 e. The summed E-state index contributed by atoms with van der Waals surface area (Å²) in [5, 5.41) is 0.